The quantitative estimate of drug-likeness (QED) is 0.0234. The van der Waals surface area contributed by atoms with E-state index in [1.165, 1.54) is 25.7 Å². The number of hydrogen-bond acceptors (Lipinski definition) is 9. The molecular weight excluding hydrogens is 792 g/mol. The Kier molecular flexibility index (Phi) is 42.6. The number of carbonyl (C=O) groups excluding carboxylic acids is 2. The lowest BCUT2D eigenvalue weighted by atomic mass is 10.1. The molecule has 3 N–H and O–H groups in total. The van der Waals surface area contributed by atoms with Crippen molar-refractivity contribution in [3.8, 4) is 0 Å². The van der Waals surface area contributed by atoms with Gasteiger partial charge in [0.15, 0.2) is 6.10 Å². The van der Waals surface area contributed by atoms with E-state index in [1.807, 2.05) is 0 Å². The summed E-state index contributed by atoms with van der Waals surface area (Å²) in [5.41, 5.74) is 0. The van der Waals surface area contributed by atoms with Gasteiger partial charge >= 0.3 is 19.8 Å². The molecule has 0 aliphatic carbocycles. The van der Waals surface area contributed by atoms with Gasteiger partial charge in [0, 0.05) is 12.8 Å². The predicted octanol–water partition coefficient (Wildman–Crippen LogP) is 12.8. The van der Waals surface area contributed by atoms with Gasteiger partial charge in [0.2, 0.25) is 0 Å². The Hall–Kier alpha value is -3.11. The Balaban J connectivity index is 4.37. The van der Waals surface area contributed by atoms with Gasteiger partial charge in [0.05, 0.1) is 19.8 Å². The van der Waals surface area contributed by atoms with Crippen molar-refractivity contribution in [1.82, 2.24) is 0 Å². The summed E-state index contributed by atoms with van der Waals surface area (Å²) in [6, 6.07) is 0. The number of rotatable bonds is 42. The highest BCUT2D eigenvalue weighted by atomic mass is 31.2. The van der Waals surface area contributed by atoms with Crippen LogP contribution in [0.4, 0.5) is 0 Å². The van der Waals surface area contributed by atoms with Gasteiger partial charge in [-0.05, 0) is 96.3 Å². The lowest BCUT2D eigenvalue weighted by molar-refractivity contribution is -0.161. The van der Waals surface area contributed by atoms with Crippen LogP contribution in [0.1, 0.15) is 168 Å². The summed E-state index contributed by atoms with van der Waals surface area (Å²) >= 11 is 0. The molecule has 0 heterocycles. The third kappa shape index (κ3) is 44.7. The molecule has 348 valence electrons. The second-order valence-electron chi connectivity index (χ2n) is 15.0. The van der Waals surface area contributed by atoms with Crippen molar-refractivity contribution in [3.63, 3.8) is 0 Å². The second kappa shape index (κ2) is 44.9. The van der Waals surface area contributed by atoms with E-state index in [9.17, 15) is 24.2 Å². The van der Waals surface area contributed by atoms with Crippen LogP contribution in [-0.2, 0) is 32.7 Å². The molecule has 0 aliphatic heterocycles. The van der Waals surface area contributed by atoms with Crippen molar-refractivity contribution in [3.05, 3.63) is 97.2 Å². The molecule has 0 bridgehead atoms. The standard InChI is InChI=1S/C50H83O10P/c1-3-5-7-9-11-13-15-17-19-21-23-25-27-29-31-33-35-37-39-41-49(53)57-45-48(46-59-61(55,56)58-44-47(52)43-51)60-50(54)42-40-38-36-34-32-30-28-26-24-22-20-18-16-14-12-10-8-6-4-2/h6,8,11-14,17-20,23-26,30,32,47-48,51-52H,3-5,7,9-10,15-16,21-22,27-29,31,33-46H2,1-2H3,(H,55,56)/b8-6-,13-11-,14-12-,19-17-,20-18-,25-23-,26-24-,32-30-. The number of phosphoric acid groups is 1. The maximum Gasteiger partial charge on any atom is 0.472 e. The first-order valence-corrected chi connectivity index (χ1v) is 24.7. The Morgan fingerprint density at radius 3 is 1.38 bits per heavy atom. The number of esters is 2. The van der Waals surface area contributed by atoms with Crippen LogP contribution in [0.5, 0.6) is 0 Å². The lowest BCUT2D eigenvalue weighted by Gasteiger charge is -2.20. The third-order valence-corrected chi connectivity index (χ3v) is 10.2. The van der Waals surface area contributed by atoms with Crippen molar-refractivity contribution >= 4 is 19.8 Å². The summed E-state index contributed by atoms with van der Waals surface area (Å²) in [6.07, 6.45) is 55.1. The van der Waals surface area contributed by atoms with E-state index in [4.69, 9.17) is 23.6 Å². The number of phosphoric ester groups is 1. The van der Waals surface area contributed by atoms with Gasteiger partial charge in [-0.15, -0.1) is 0 Å². The zero-order valence-electron chi connectivity index (χ0n) is 37.8. The molecule has 3 unspecified atom stereocenters. The van der Waals surface area contributed by atoms with E-state index in [1.54, 1.807) is 0 Å². The minimum absolute atomic E-state index is 0.136. The smallest absolute Gasteiger partial charge is 0.462 e. The SMILES string of the molecule is CC/C=C\C/C=C\C/C=C\C/C=C\C/C=C\CCCCCC(=O)OC(COC(=O)CCCCCCCC/C=C\C/C=C\C/C=C\CCCCC)COP(=O)(O)OCC(O)CO. The summed E-state index contributed by atoms with van der Waals surface area (Å²) in [5, 5.41) is 18.4. The minimum atomic E-state index is -4.64. The first-order valence-electron chi connectivity index (χ1n) is 23.2. The van der Waals surface area contributed by atoms with Crippen LogP contribution in [0.2, 0.25) is 0 Å². The van der Waals surface area contributed by atoms with Gasteiger partial charge in [-0.3, -0.25) is 18.6 Å². The number of hydrogen-bond donors (Lipinski definition) is 3. The summed E-state index contributed by atoms with van der Waals surface area (Å²) in [7, 11) is -4.64. The summed E-state index contributed by atoms with van der Waals surface area (Å²) in [5.74, 6) is -0.986. The van der Waals surface area contributed by atoms with Gasteiger partial charge in [-0.1, -0.05) is 156 Å². The second-order valence-corrected chi connectivity index (χ2v) is 16.5. The van der Waals surface area contributed by atoms with Gasteiger partial charge in [0.25, 0.3) is 0 Å². The van der Waals surface area contributed by atoms with E-state index < -0.39 is 51.8 Å². The Morgan fingerprint density at radius 1 is 0.508 bits per heavy atom. The molecule has 11 heteroatoms. The van der Waals surface area contributed by atoms with E-state index in [0.29, 0.717) is 12.8 Å². The Labute approximate surface area is 370 Å². The van der Waals surface area contributed by atoms with E-state index >= 15 is 0 Å². The number of aliphatic hydroxyl groups excluding tert-OH is 2. The molecule has 0 radical (unpaired) electrons. The highest BCUT2D eigenvalue weighted by molar-refractivity contribution is 7.47. The first-order chi connectivity index (χ1) is 29.7. The van der Waals surface area contributed by atoms with E-state index in [2.05, 4.69) is 111 Å². The zero-order valence-corrected chi connectivity index (χ0v) is 38.7. The molecule has 0 aromatic heterocycles. The number of allylic oxidation sites excluding steroid dienone is 16. The molecule has 10 nitrogen and oxygen atoms in total. The maximum absolute atomic E-state index is 12.6. The average molecular weight is 875 g/mol. The van der Waals surface area contributed by atoms with Crippen molar-refractivity contribution < 1.29 is 47.8 Å². The molecule has 0 aromatic rings. The third-order valence-electron chi connectivity index (χ3n) is 9.22. The molecule has 3 atom stereocenters. The zero-order chi connectivity index (χ0) is 44.8. The topological polar surface area (TPSA) is 149 Å². The highest BCUT2D eigenvalue weighted by Crippen LogP contribution is 2.43. The lowest BCUT2D eigenvalue weighted by Crippen LogP contribution is -2.29. The highest BCUT2D eigenvalue weighted by Gasteiger charge is 2.27. The van der Waals surface area contributed by atoms with Crippen molar-refractivity contribution in [2.75, 3.05) is 26.4 Å². The molecule has 0 spiro atoms. The summed E-state index contributed by atoms with van der Waals surface area (Å²) in [4.78, 5) is 35.1. The van der Waals surface area contributed by atoms with Crippen LogP contribution >= 0.6 is 7.82 Å². The van der Waals surface area contributed by atoms with Gasteiger partial charge in [-0.25, -0.2) is 4.57 Å². The van der Waals surface area contributed by atoms with Crippen LogP contribution in [0.25, 0.3) is 0 Å². The van der Waals surface area contributed by atoms with Crippen LogP contribution in [-0.4, -0.2) is 65.7 Å². The first kappa shape index (κ1) is 57.9. The predicted molar refractivity (Wildman–Crippen MR) is 251 cm³/mol. The molecule has 0 fully saturated rings. The average Bonchev–Trinajstić information content (AvgIpc) is 3.25. The number of unbranched alkanes of at least 4 members (excludes halogenated alkanes) is 12. The van der Waals surface area contributed by atoms with Crippen LogP contribution < -0.4 is 0 Å². The van der Waals surface area contributed by atoms with E-state index in [0.717, 1.165) is 103 Å². The van der Waals surface area contributed by atoms with Crippen LogP contribution in [0.3, 0.4) is 0 Å². The molecule has 0 saturated carbocycles. The van der Waals surface area contributed by atoms with Gasteiger partial charge in [-0.2, -0.15) is 0 Å². The molecular formula is C50H83O10P. The van der Waals surface area contributed by atoms with Crippen molar-refractivity contribution in [1.29, 1.82) is 0 Å². The van der Waals surface area contributed by atoms with E-state index in [-0.39, 0.29) is 19.4 Å². The van der Waals surface area contributed by atoms with Gasteiger partial charge in [0.1, 0.15) is 12.7 Å². The Bertz CT molecular complexity index is 1330. The normalized spacial score (nSPS) is 14.6. The molecule has 0 saturated heterocycles. The molecule has 0 amide bonds. The fourth-order valence-electron chi connectivity index (χ4n) is 5.67. The maximum atomic E-state index is 12.6. The molecule has 0 aromatic carbocycles. The number of carbonyl (C=O) groups is 2. The summed E-state index contributed by atoms with van der Waals surface area (Å²) < 4.78 is 32.7. The fourth-order valence-corrected chi connectivity index (χ4v) is 6.46. The largest absolute Gasteiger partial charge is 0.472 e. The monoisotopic (exact) mass is 875 g/mol. The van der Waals surface area contributed by atoms with Gasteiger partial charge < -0.3 is 24.6 Å². The molecule has 0 aliphatic rings. The number of aliphatic hydroxyl groups is 2. The molecule has 0 rings (SSSR count). The summed E-state index contributed by atoms with van der Waals surface area (Å²) in [6.45, 7) is 2.17. The Morgan fingerprint density at radius 2 is 0.902 bits per heavy atom. The molecule has 61 heavy (non-hydrogen) atoms. The van der Waals surface area contributed by atoms with Crippen molar-refractivity contribution in [2.45, 2.75) is 180 Å². The number of ether oxygens (including phenoxy) is 2. The van der Waals surface area contributed by atoms with Crippen LogP contribution in [0, 0.1) is 0 Å². The fraction of sp³-hybridized carbons (Fsp3) is 0.640. The minimum Gasteiger partial charge on any atom is -0.462 e. The van der Waals surface area contributed by atoms with Crippen molar-refractivity contribution in [2.24, 2.45) is 0 Å². The van der Waals surface area contributed by atoms with Crippen LogP contribution in [0.15, 0.2) is 97.2 Å².